The van der Waals surface area contributed by atoms with Crippen molar-refractivity contribution in [1.82, 2.24) is 46.0 Å². The van der Waals surface area contributed by atoms with E-state index in [-0.39, 0.29) is 37.4 Å². The van der Waals surface area contributed by atoms with E-state index in [1.165, 1.54) is 7.11 Å². The Morgan fingerprint density at radius 1 is 0.881 bits per heavy atom. The number of benzene rings is 2. The predicted molar refractivity (Wildman–Crippen MR) is 223 cm³/mol. The first kappa shape index (κ1) is 44.2. The number of aliphatic hydroxyl groups is 1. The van der Waals surface area contributed by atoms with Crippen molar-refractivity contribution in [2.75, 3.05) is 26.7 Å². The quantitative estimate of drug-likeness (QED) is 0.104. The number of hydrogen-bond donors (Lipinski definition) is 4. The SMILES string of the molecule is CC[C@H](C)[C@@H](C(=O)N[C@@H](Cc1ccccc1)[C@@H](O)CN(Cc1ccc(-c2ccccn2)cc1)NC(=O)[C@@H](NC(=O)OC)C(C)(C)C)N1CCN(Cc2ccnnc2)C1=O. The minimum Gasteiger partial charge on any atom is -0.453 e. The number of nitrogens with one attached hydrogen (secondary N) is 3. The number of alkyl carbamates (subject to hydrolysis) is 1. The molecule has 5 amide bonds. The molecule has 15 heteroatoms. The van der Waals surface area contributed by atoms with Crippen LogP contribution in [0, 0.1) is 11.3 Å². The zero-order valence-corrected chi connectivity index (χ0v) is 34.7. The van der Waals surface area contributed by atoms with Gasteiger partial charge < -0.3 is 30.3 Å². The number of aromatic nitrogens is 3. The number of nitrogens with zero attached hydrogens (tertiary/aromatic N) is 6. The van der Waals surface area contributed by atoms with Gasteiger partial charge in [0.1, 0.15) is 12.1 Å². The van der Waals surface area contributed by atoms with Crippen LogP contribution < -0.4 is 16.1 Å². The third kappa shape index (κ3) is 12.3. The Morgan fingerprint density at radius 3 is 2.24 bits per heavy atom. The summed E-state index contributed by atoms with van der Waals surface area (Å²) < 4.78 is 4.82. The molecule has 0 radical (unpaired) electrons. The van der Waals surface area contributed by atoms with Crippen molar-refractivity contribution in [3.05, 3.63) is 114 Å². The molecule has 2 aromatic carbocycles. The number of pyridine rings is 1. The molecular formula is C44H57N9O6. The third-order valence-corrected chi connectivity index (χ3v) is 10.6. The molecule has 59 heavy (non-hydrogen) atoms. The van der Waals surface area contributed by atoms with Crippen molar-refractivity contribution < 1.29 is 29.0 Å². The van der Waals surface area contributed by atoms with Gasteiger partial charge in [-0.25, -0.2) is 14.6 Å². The molecule has 4 N–H and O–H groups in total. The highest BCUT2D eigenvalue weighted by atomic mass is 16.5. The van der Waals surface area contributed by atoms with Crippen LogP contribution in [0.2, 0.25) is 0 Å². The molecule has 5 rings (SSSR count). The number of rotatable bonds is 18. The van der Waals surface area contributed by atoms with Crippen LogP contribution in [0.4, 0.5) is 9.59 Å². The molecule has 314 valence electrons. The van der Waals surface area contributed by atoms with E-state index in [4.69, 9.17) is 4.74 Å². The third-order valence-electron chi connectivity index (χ3n) is 10.6. The van der Waals surface area contributed by atoms with Crippen molar-refractivity contribution in [2.45, 2.75) is 84.8 Å². The topological polar surface area (TPSA) is 182 Å². The molecule has 2 aromatic heterocycles. The standard InChI is InChI=1S/C44H57N9O6/c1-7-30(2)38(53-24-23-51(43(53)58)27-33-20-22-46-47-26-33)40(55)48-36(25-31-13-9-8-10-14-31)37(54)29-52(50-41(56)39(44(3,4)5)49-42(57)59-6)28-32-16-18-34(19-17-32)35-15-11-12-21-45-35/h8-22,26,30,36-39,54H,7,23-25,27-29H2,1-6H3,(H,48,55)(H,49,57)(H,50,56)/t30-,36-,37-,38-,39+/m0/s1. The molecule has 0 bridgehead atoms. The normalized spacial score (nSPS) is 15.6. The Balaban J connectivity index is 1.41. The van der Waals surface area contributed by atoms with Crippen LogP contribution in [0.5, 0.6) is 0 Å². The number of carbonyl (C=O) groups is 4. The molecule has 4 aromatic rings. The van der Waals surface area contributed by atoms with Gasteiger partial charge in [0.25, 0.3) is 5.91 Å². The Bertz CT molecular complexity index is 1970. The summed E-state index contributed by atoms with van der Waals surface area (Å²) in [6.07, 6.45) is 3.86. The minimum absolute atomic E-state index is 0.106. The lowest BCUT2D eigenvalue weighted by atomic mass is 9.86. The van der Waals surface area contributed by atoms with Crippen LogP contribution in [0.15, 0.2) is 97.5 Å². The van der Waals surface area contributed by atoms with E-state index in [0.29, 0.717) is 26.1 Å². The van der Waals surface area contributed by atoms with Gasteiger partial charge in [0.15, 0.2) is 0 Å². The highest BCUT2D eigenvalue weighted by molar-refractivity contribution is 5.88. The number of hydrazine groups is 1. The molecule has 5 atom stereocenters. The second-order valence-corrected chi connectivity index (χ2v) is 16.1. The van der Waals surface area contributed by atoms with E-state index in [1.807, 2.05) is 107 Å². The van der Waals surface area contributed by atoms with Gasteiger partial charge in [0.05, 0.1) is 31.1 Å². The second kappa shape index (κ2) is 20.7. The van der Waals surface area contributed by atoms with Gasteiger partial charge in [-0.1, -0.05) is 102 Å². The number of ether oxygens (including phenoxy) is 1. The maximum Gasteiger partial charge on any atom is 0.407 e. The smallest absolute Gasteiger partial charge is 0.407 e. The average molecular weight is 808 g/mol. The van der Waals surface area contributed by atoms with E-state index < -0.39 is 41.6 Å². The van der Waals surface area contributed by atoms with E-state index in [9.17, 15) is 24.3 Å². The molecule has 1 fully saturated rings. The van der Waals surface area contributed by atoms with Crippen molar-refractivity contribution in [1.29, 1.82) is 0 Å². The average Bonchev–Trinajstić information content (AvgIpc) is 3.58. The number of carbonyl (C=O) groups excluding carboxylic acids is 4. The van der Waals surface area contributed by atoms with Gasteiger partial charge in [-0.3, -0.25) is 20.0 Å². The van der Waals surface area contributed by atoms with Crippen LogP contribution >= 0.6 is 0 Å². The molecule has 1 aliphatic rings. The highest BCUT2D eigenvalue weighted by Gasteiger charge is 2.41. The summed E-state index contributed by atoms with van der Waals surface area (Å²) in [5.74, 6) is -1.09. The Kier molecular flexibility index (Phi) is 15.5. The summed E-state index contributed by atoms with van der Waals surface area (Å²) >= 11 is 0. The summed E-state index contributed by atoms with van der Waals surface area (Å²) in [4.78, 5) is 62.4. The summed E-state index contributed by atoms with van der Waals surface area (Å²) in [5.41, 5.74) is 6.50. The van der Waals surface area contributed by atoms with Gasteiger partial charge in [-0.15, -0.1) is 0 Å². The Hall–Kier alpha value is -5.93. The van der Waals surface area contributed by atoms with Gasteiger partial charge in [-0.2, -0.15) is 10.2 Å². The van der Waals surface area contributed by atoms with Gasteiger partial charge in [0, 0.05) is 50.7 Å². The number of methoxy groups -OCH3 is 1. The number of urea groups is 1. The Labute approximate surface area is 346 Å². The Morgan fingerprint density at radius 2 is 1.61 bits per heavy atom. The number of aliphatic hydroxyl groups excluding tert-OH is 1. The van der Waals surface area contributed by atoms with Crippen LogP contribution in [0.25, 0.3) is 11.3 Å². The first-order valence-electron chi connectivity index (χ1n) is 20.0. The van der Waals surface area contributed by atoms with Crippen LogP contribution in [-0.2, 0) is 33.8 Å². The fourth-order valence-corrected chi connectivity index (χ4v) is 7.10. The first-order chi connectivity index (χ1) is 28.3. The van der Waals surface area contributed by atoms with Crippen molar-refractivity contribution in [3.8, 4) is 11.3 Å². The summed E-state index contributed by atoms with van der Waals surface area (Å²) in [6.45, 7) is 10.6. The number of amides is 5. The minimum atomic E-state index is -1.21. The summed E-state index contributed by atoms with van der Waals surface area (Å²) in [6, 6.07) is 21.8. The molecule has 1 aliphatic heterocycles. The van der Waals surface area contributed by atoms with Crippen molar-refractivity contribution in [3.63, 3.8) is 0 Å². The van der Waals surface area contributed by atoms with E-state index in [2.05, 4.69) is 31.2 Å². The maximum absolute atomic E-state index is 14.5. The van der Waals surface area contributed by atoms with Gasteiger partial charge >= 0.3 is 12.1 Å². The molecule has 0 unspecified atom stereocenters. The maximum atomic E-state index is 14.5. The van der Waals surface area contributed by atoms with E-state index >= 15 is 0 Å². The van der Waals surface area contributed by atoms with Crippen molar-refractivity contribution in [2.24, 2.45) is 11.3 Å². The molecular weight excluding hydrogens is 751 g/mol. The number of hydrogen-bond acceptors (Lipinski definition) is 10. The predicted octanol–water partition coefficient (Wildman–Crippen LogP) is 4.58. The van der Waals surface area contributed by atoms with Crippen LogP contribution in [0.1, 0.15) is 57.7 Å². The first-order valence-corrected chi connectivity index (χ1v) is 20.0. The summed E-state index contributed by atoms with van der Waals surface area (Å²) in [7, 11) is 1.23. The zero-order valence-electron chi connectivity index (χ0n) is 34.7. The van der Waals surface area contributed by atoms with Gasteiger partial charge in [-0.05, 0) is 52.6 Å². The monoisotopic (exact) mass is 807 g/mol. The fourth-order valence-electron chi connectivity index (χ4n) is 7.10. The lowest BCUT2D eigenvalue weighted by Gasteiger charge is -2.36. The molecule has 1 saturated heterocycles. The van der Waals surface area contributed by atoms with Crippen molar-refractivity contribution >= 4 is 23.9 Å². The lowest BCUT2D eigenvalue weighted by Crippen LogP contribution is -2.60. The molecule has 3 heterocycles. The van der Waals surface area contributed by atoms with Gasteiger partial charge in [0.2, 0.25) is 5.91 Å². The molecule has 0 spiro atoms. The zero-order chi connectivity index (χ0) is 42.5. The summed E-state index contributed by atoms with van der Waals surface area (Å²) in [5, 5.41) is 27.3. The molecule has 0 aliphatic carbocycles. The van der Waals surface area contributed by atoms with E-state index in [1.54, 1.807) is 39.5 Å². The molecule has 15 nitrogen and oxygen atoms in total. The fraction of sp³-hybridized carbons (Fsp3) is 0.432. The molecule has 0 saturated carbocycles. The van der Waals surface area contributed by atoms with Crippen LogP contribution in [-0.4, -0.2) is 110 Å². The second-order valence-electron chi connectivity index (χ2n) is 16.1. The largest absolute Gasteiger partial charge is 0.453 e. The van der Waals surface area contributed by atoms with E-state index in [0.717, 1.165) is 27.9 Å². The highest BCUT2D eigenvalue weighted by Crippen LogP contribution is 2.24. The lowest BCUT2D eigenvalue weighted by molar-refractivity contribution is -0.132. The van der Waals surface area contributed by atoms with Crippen LogP contribution in [0.3, 0.4) is 0 Å².